The summed E-state index contributed by atoms with van der Waals surface area (Å²) in [6.07, 6.45) is 9.41. The van der Waals surface area contributed by atoms with Crippen molar-refractivity contribution in [2.75, 3.05) is 18.9 Å². The van der Waals surface area contributed by atoms with Gasteiger partial charge in [-0.2, -0.15) is 11.8 Å². The van der Waals surface area contributed by atoms with Gasteiger partial charge >= 0.3 is 0 Å². The molecule has 2 saturated carbocycles. The average Bonchev–Trinajstić information content (AvgIpc) is 2.96. The van der Waals surface area contributed by atoms with Gasteiger partial charge in [0.05, 0.1) is 6.61 Å². The molecule has 0 aromatic carbocycles. The minimum Gasteiger partial charge on any atom is -0.394 e. The van der Waals surface area contributed by atoms with Gasteiger partial charge in [-0.25, -0.2) is 0 Å². The van der Waals surface area contributed by atoms with Crippen molar-refractivity contribution in [3.8, 4) is 0 Å². The van der Waals surface area contributed by atoms with Crippen LogP contribution in [0.5, 0.6) is 0 Å². The molecule has 100 valence electrons. The van der Waals surface area contributed by atoms with E-state index in [1.54, 1.807) is 0 Å². The van der Waals surface area contributed by atoms with Crippen LogP contribution in [-0.4, -0.2) is 34.8 Å². The largest absolute Gasteiger partial charge is 0.394 e. The minimum atomic E-state index is 0.0437. The summed E-state index contributed by atoms with van der Waals surface area (Å²) in [5.74, 6) is 2.35. The summed E-state index contributed by atoms with van der Waals surface area (Å²) in [6.45, 7) is 3.41. The Morgan fingerprint density at radius 2 is 2.06 bits per heavy atom. The molecule has 0 bridgehead atoms. The highest BCUT2D eigenvalue weighted by atomic mass is 32.2. The van der Waals surface area contributed by atoms with Crippen molar-refractivity contribution in [1.29, 1.82) is 0 Å². The normalized spacial score (nSPS) is 34.6. The molecule has 2 unspecified atom stereocenters. The van der Waals surface area contributed by atoms with Crippen molar-refractivity contribution < 1.29 is 5.11 Å². The van der Waals surface area contributed by atoms with Gasteiger partial charge in [0.2, 0.25) is 0 Å². The zero-order chi connectivity index (χ0) is 12.1. The maximum atomic E-state index is 9.57. The number of thioether (sulfide) groups is 1. The summed E-state index contributed by atoms with van der Waals surface area (Å²) in [6, 6.07) is 0. The molecule has 0 saturated heterocycles. The van der Waals surface area contributed by atoms with Crippen molar-refractivity contribution in [1.82, 2.24) is 5.32 Å². The Balaban J connectivity index is 1.72. The number of hydrogen-bond acceptors (Lipinski definition) is 3. The number of aliphatic hydroxyl groups excluding tert-OH is 1. The fourth-order valence-electron chi connectivity index (χ4n) is 3.40. The molecule has 2 nitrogen and oxygen atoms in total. The lowest BCUT2D eigenvalue weighted by Crippen LogP contribution is -2.46. The van der Waals surface area contributed by atoms with Gasteiger partial charge in [0.25, 0.3) is 0 Å². The highest BCUT2D eigenvalue weighted by Crippen LogP contribution is 2.39. The smallest absolute Gasteiger partial charge is 0.0613 e. The Morgan fingerprint density at radius 1 is 1.29 bits per heavy atom. The topological polar surface area (TPSA) is 32.3 Å². The molecule has 0 aromatic rings. The lowest BCUT2D eigenvalue weighted by atomic mass is 9.99. The van der Waals surface area contributed by atoms with Crippen LogP contribution >= 0.6 is 11.8 Å². The molecule has 2 aliphatic rings. The van der Waals surface area contributed by atoms with E-state index in [0.29, 0.717) is 6.61 Å². The summed E-state index contributed by atoms with van der Waals surface area (Å²) in [4.78, 5) is 0. The molecule has 17 heavy (non-hydrogen) atoms. The second-order valence-electron chi connectivity index (χ2n) is 5.82. The highest BCUT2D eigenvalue weighted by Gasteiger charge is 2.38. The molecular formula is C14H27NOS. The Morgan fingerprint density at radius 3 is 2.71 bits per heavy atom. The van der Waals surface area contributed by atoms with Crippen LogP contribution in [0.1, 0.15) is 51.9 Å². The predicted octanol–water partition coefficient (Wildman–Crippen LogP) is 2.80. The van der Waals surface area contributed by atoms with Crippen LogP contribution in [-0.2, 0) is 0 Å². The zero-order valence-corrected chi connectivity index (χ0v) is 11.9. The molecule has 0 aliphatic heterocycles. The van der Waals surface area contributed by atoms with Crippen LogP contribution < -0.4 is 5.32 Å². The lowest BCUT2D eigenvalue weighted by molar-refractivity contribution is 0.167. The van der Waals surface area contributed by atoms with Gasteiger partial charge in [0.15, 0.2) is 0 Å². The molecule has 0 amide bonds. The second kappa shape index (κ2) is 6.44. The van der Waals surface area contributed by atoms with Crippen molar-refractivity contribution in [3.63, 3.8) is 0 Å². The molecule has 0 spiro atoms. The van der Waals surface area contributed by atoms with E-state index in [4.69, 9.17) is 0 Å². The third-order valence-electron chi connectivity index (χ3n) is 4.46. The molecule has 2 atom stereocenters. The van der Waals surface area contributed by atoms with Crippen molar-refractivity contribution in [2.24, 2.45) is 5.92 Å². The van der Waals surface area contributed by atoms with E-state index in [9.17, 15) is 5.11 Å². The van der Waals surface area contributed by atoms with Gasteiger partial charge in [0, 0.05) is 10.8 Å². The van der Waals surface area contributed by atoms with Crippen molar-refractivity contribution >= 4 is 11.8 Å². The van der Waals surface area contributed by atoms with E-state index in [1.165, 1.54) is 37.9 Å². The van der Waals surface area contributed by atoms with Gasteiger partial charge in [-0.15, -0.1) is 0 Å². The predicted molar refractivity (Wildman–Crippen MR) is 75.5 cm³/mol. The second-order valence-corrected chi connectivity index (χ2v) is 7.15. The monoisotopic (exact) mass is 257 g/mol. The van der Waals surface area contributed by atoms with E-state index in [0.717, 1.165) is 30.6 Å². The highest BCUT2D eigenvalue weighted by molar-refractivity contribution is 7.99. The fourth-order valence-corrected chi connectivity index (χ4v) is 5.00. The molecule has 0 radical (unpaired) electrons. The van der Waals surface area contributed by atoms with Crippen LogP contribution in [0.25, 0.3) is 0 Å². The Hall–Kier alpha value is 0.270. The molecule has 3 heteroatoms. The van der Waals surface area contributed by atoms with E-state index >= 15 is 0 Å². The first-order valence-electron chi connectivity index (χ1n) is 7.25. The van der Waals surface area contributed by atoms with Gasteiger partial charge in [0.1, 0.15) is 0 Å². The van der Waals surface area contributed by atoms with Crippen LogP contribution in [0.2, 0.25) is 0 Å². The van der Waals surface area contributed by atoms with Crippen LogP contribution in [0, 0.1) is 5.92 Å². The SMILES string of the molecule is CCNC1(CO)CCC(SCC2CCCC2)C1. The third-order valence-corrected chi connectivity index (χ3v) is 6.00. The maximum absolute atomic E-state index is 9.57. The first kappa shape index (κ1) is 13.7. The summed E-state index contributed by atoms with van der Waals surface area (Å²) < 4.78 is 0. The average molecular weight is 257 g/mol. The summed E-state index contributed by atoms with van der Waals surface area (Å²) >= 11 is 2.17. The number of rotatable bonds is 6. The summed E-state index contributed by atoms with van der Waals surface area (Å²) in [5, 5.41) is 13.9. The minimum absolute atomic E-state index is 0.0437. The summed E-state index contributed by atoms with van der Waals surface area (Å²) in [7, 11) is 0. The lowest BCUT2D eigenvalue weighted by Gasteiger charge is -2.28. The maximum Gasteiger partial charge on any atom is 0.0613 e. The summed E-state index contributed by atoms with van der Waals surface area (Å²) in [5.41, 5.74) is 0.0437. The van der Waals surface area contributed by atoms with Crippen molar-refractivity contribution in [2.45, 2.75) is 62.7 Å². The Kier molecular flexibility index (Phi) is 5.19. The first-order chi connectivity index (χ1) is 8.28. The third kappa shape index (κ3) is 3.62. The standard InChI is InChI=1S/C14H27NOS/c1-2-15-14(11-16)8-7-13(9-14)17-10-12-5-3-4-6-12/h12-13,15-16H,2-11H2,1H3. The van der Waals surface area contributed by atoms with Gasteiger partial charge in [-0.3, -0.25) is 0 Å². The molecule has 0 aromatic heterocycles. The van der Waals surface area contributed by atoms with E-state index < -0.39 is 0 Å². The molecular weight excluding hydrogens is 230 g/mol. The Labute approximate surface area is 110 Å². The number of likely N-dealkylation sites (N-methyl/N-ethyl adjacent to an activating group) is 1. The number of nitrogens with one attached hydrogen (secondary N) is 1. The van der Waals surface area contributed by atoms with Gasteiger partial charge in [-0.05, 0) is 50.3 Å². The molecule has 2 fully saturated rings. The molecule has 2 aliphatic carbocycles. The molecule has 2 N–H and O–H groups in total. The first-order valence-corrected chi connectivity index (χ1v) is 8.30. The van der Waals surface area contributed by atoms with Gasteiger partial charge in [-0.1, -0.05) is 19.8 Å². The van der Waals surface area contributed by atoms with E-state index in [2.05, 4.69) is 24.0 Å². The quantitative estimate of drug-likeness (QED) is 0.767. The molecule has 2 rings (SSSR count). The van der Waals surface area contributed by atoms with Crippen molar-refractivity contribution in [3.05, 3.63) is 0 Å². The van der Waals surface area contributed by atoms with Crippen LogP contribution in [0.4, 0.5) is 0 Å². The van der Waals surface area contributed by atoms with Crippen LogP contribution in [0.3, 0.4) is 0 Å². The number of aliphatic hydroxyl groups is 1. The fraction of sp³-hybridized carbons (Fsp3) is 1.00. The zero-order valence-electron chi connectivity index (χ0n) is 11.1. The Bertz CT molecular complexity index is 230. The molecule has 0 heterocycles. The van der Waals surface area contributed by atoms with E-state index in [-0.39, 0.29) is 5.54 Å². The van der Waals surface area contributed by atoms with Gasteiger partial charge < -0.3 is 10.4 Å². The number of hydrogen-bond donors (Lipinski definition) is 2. The van der Waals surface area contributed by atoms with Crippen LogP contribution in [0.15, 0.2) is 0 Å². The van der Waals surface area contributed by atoms with E-state index in [1.807, 2.05) is 0 Å².